The zero-order valence-electron chi connectivity index (χ0n) is 18.9. The van der Waals surface area contributed by atoms with Crippen LogP contribution in [0, 0.1) is 0 Å². The molecule has 1 fully saturated rings. The van der Waals surface area contributed by atoms with Crippen molar-refractivity contribution in [2.24, 2.45) is 4.40 Å². The summed E-state index contributed by atoms with van der Waals surface area (Å²) in [6.45, 7) is 1.16. The number of benzene rings is 1. The molecule has 2 aromatic rings. The van der Waals surface area contributed by atoms with E-state index in [1.54, 1.807) is 16.7 Å². The molecule has 178 valence electrons. The maximum atomic E-state index is 12.9. The lowest BCUT2D eigenvalue weighted by Gasteiger charge is -2.17. The summed E-state index contributed by atoms with van der Waals surface area (Å²) in [4.78, 5) is 27.0. The van der Waals surface area contributed by atoms with Crippen molar-refractivity contribution in [1.29, 1.82) is 0 Å². The Kier molecular flexibility index (Phi) is 6.96. The van der Waals surface area contributed by atoms with Crippen molar-refractivity contribution in [2.45, 2.75) is 69.4 Å². The molecular formula is C22H30N6O4S. The van der Waals surface area contributed by atoms with E-state index in [0.29, 0.717) is 30.3 Å². The molecule has 0 bridgehead atoms. The van der Waals surface area contributed by atoms with Crippen molar-refractivity contribution in [3.05, 3.63) is 40.6 Å². The lowest BCUT2D eigenvalue weighted by atomic mass is 10.2. The van der Waals surface area contributed by atoms with Crippen molar-refractivity contribution in [3.8, 4) is 0 Å². The first-order chi connectivity index (χ1) is 15.8. The number of nitrogens with zero attached hydrogens (tertiary/aromatic N) is 5. The van der Waals surface area contributed by atoms with E-state index in [1.807, 2.05) is 11.9 Å². The van der Waals surface area contributed by atoms with Crippen LogP contribution in [0.4, 0.5) is 5.69 Å². The van der Waals surface area contributed by atoms with E-state index in [2.05, 4.69) is 14.8 Å². The van der Waals surface area contributed by atoms with E-state index in [9.17, 15) is 18.0 Å². The van der Waals surface area contributed by atoms with Crippen LogP contribution in [0.5, 0.6) is 0 Å². The molecule has 1 N–H and O–H groups in total. The summed E-state index contributed by atoms with van der Waals surface area (Å²) in [5, 5.41) is 6.99. The average molecular weight is 475 g/mol. The van der Waals surface area contributed by atoms with Gasteiger partial charge in [-0.15, -0.1) is 4.40 Å². The number of amidine groups is 1. The van der Waals surface area contributed by atoms with Crippen LogP contribution in [-0.4, -0.2) is 53.0 Å². The second kappa shape index (κ2) is 9.90. The SMILES string of the molecule is CN1CCCCC/C1=N/S(=O)(=O)c1cccc(NC(=O)Cn2nc3n(c2=O)CCCCC3)c1. The molecule has 1 aromatic carbocycles. The van der Waals surface area contributed by atoms with Gasteiger partial charge in [-0.05, 0) is 43.9 Å². The Morgan fingerprint density at radius 3 is 2.67 bits per heavy atom. The molecule has 11 heteroatoms. The predicted molar refractivity (Wildman–Crippen MR) is 125 cm³/mol. The highest BCUT2D eigenvalue weighted by Crippen LogP contribution is 2.20. The first kappa shape index (κ1) is 23.2. The summed E-state index contributed by atoms with van der Waals surface area (Å²) in [6, 6.07) is 6.01. The molecule has 2 aliphatic rings. The van der Waals surface area contributed by atoms with Crippen molar-refractivity contribution in [2.75, 3.05) is 18.9 Å². The normalized spacial score (nSPS) is 18.5. The Hall–Kier alpha value is -2.95. The highest BCUT2D eigenvalue weighted by Gasteiger charge is 2.20. The molecule has 0 aliphatic carbocycles. The van der Waals surface area contributed by atoms with Gasteiger partial charge in [0.1, 0.15) is 18.2 Å². The molecule has 10 nitrogen and oxygen atoms in total. The highest BCUT2D eigenvalue weighted by molar-refractivity contribution is 7.90. The van der Waals surface area contributed by atoms with Gasteiger partial charge in [-0.2, -0.15) is 13.5 Å². The average Bonchev–Trinajstić information content (AvgIpc) is 2.97. The topological polar surface area (TPSA) is 119 Å². The van der Waals surface area contributed by atoms with Crippen molar-refractivity contribution < 1.29 is 13.2 Å². The van der Waals surface area contributed by atoms with E-state index in [0.717, 1.165) is 51.5 Å². The fourth-order valence-corrected chi connectivity index (χ4v) is 5.37. The molecule has 1 aromatic heterocycles. The fourth-order valence-electron chi connectivity index (χ4n) is 4.23. The van der Waals surface area contributed by atoms with E-state index >= 15 is 0 Å². The number of rotatable bonds is 5. The standard InChI is InChI=1S/C22H30N6O4S/c1-26-13-6-2-5-12-20(26)25-33(31,32)18-10-8-9-17(15-18)23-21(29)16-28-22(30)27-14-7-3-4-11-19(27)24-28/h8-10,15H,2-7,11-14,16H2,1H3,(H,23,29)/b25-20-. The van der Waals surface area contributed by atoms with E-state index < -0.39 is 15.9 Å². The number of carbonyl (C=O) groups excluding carboxylic acids is 1. The number of aromatic nitrogens is 3. The van der Waals surface area contributed by atoms with Crippen molar-refractivity contribution in [3.63, 3.8) is 0 Å². The van der Waals surface area contributed by atoms with Gasteiger partial charge in [-0.3, -0.25) is 9.36 Å². The minimum absolute atomic E-state index is 0.0105. The quantitative estimate of drug-likeness (QED) is 0.708. The predicted octanol–water partition coefficient (Wildman–Crippen LogP) is 2.00. The number of carbonyl (C=O) groups is 1. The molecule has 1 saturated heterocycles. The second-order valence-corrected chi connectivity index (χ2v) is 10.2. The van der Waals surface area contributed by atoms with Gasteiger partial charge in [0.25, 0.3) is 10.0 Å². The number of aryl methyl sites for hydroxylation is 1. The summed E-state index contributed by atoms with van der Waals surface area (Å²) in [6.07, 6.45) is 7.27. The molecule has 0 saturated carbocycles. The van der Waals surface area contributed by atoms with Crippen LogP contribution in [-0.2, 0) is 34.3 Å². The first-order valence-electron chi connectivity index (χ1n) is 11.4. The Bertz CT molecular complexity index is 1210. The van der Waals surface area contributed by atoms with E-state index in [4.69, 9.17) is 0 Å². The van der Waals surface area contributed by atoms with Crippen molar-refractivity contribution in [1.82, 2.24) is 19.2 Å². The number of sulfonamides is 1. The summed E-state index contributed by atoms with van der Waals surface area (Å²) in [7, 11) is -2.06. The van der Waals surface area contributed by atoms with Crippen LogP contribution in [0.3, 0.4) is 0 Å². The monoisotopic (exact) mass is 474 g/mol. The molecule has 0 radical (unpaired) electrons. The van der Waals surface area contributed by atoms with Gasteiger partial charge in [0.15, 0.2) is 0 Å². The van der Waals surface area contributed by atoms with E-state index in [1.165, 1.54) is 16.8 Å². The molecular weight excluding hydrogens is 444 g/mol. The molecule has 2 aliphatic heterocycles. The third-order valence-corrected chi connectivity index (χ3v) is 7.35. The van der Waals surface area contributed by atoms with Crippen LogP contribution in [0.15, 0.2) is 38.4 Å². The largest absolute Gasteiger partial charge is 0.362 e. The second-order valence-electron chi connectivity index (χ2n) is 8.61. The van der Waals surface area contributed by atoms with Crippen LogP contribution in [0.25, 0.3) is 0 Å². The smallest absolute Gasteiger partial charge is 0.346 e. The summed E-state index contributed by atoms with van der Waals surface area (Å²) in [5.74, 6) is 0.816. The molecule has 0 atom stereocenters. The summed E-state index contributed by atoms with van der Waals surface area (Å²) >= 11 is 0. The van der Waals surface area contributed by atoms with Crippen LogP contribution < -0.4 is 11.0 Å². The maximum absolute atomic E-state index is 12.9. The molecule has 4 rings (SSSR count). The third-order valence-electron chi connectivity index (χ3n) is 6.05. The Balaban J connectivity index is 1.48. The van der Waals surface area contributed by atoms with Gasteiger partial charge >= 0.3 is 5.69 Å². The lowest BCUT2D eigenvalue weighted by molar-refractivity contribution is -0.117. The number of likely N-dealkylation sites (tertiary alicyclic amines) is 1. The minimum Gasteiger partial charge on any atom is -0.362 e. The number of amides is 1. The Labute approximate surface area is 193 Å². The number of hydrogen-bond acceptors (Lipinski definition) is 5. The van der Waals surface area contributed by atoms with Gasteiger partial charge < -0.3 is 10.2 Å². The lowest BCUT2D eigenvalue weighted by Crippen LogP contribution is -2.30. The zero-order chi connectivity index (χ0) is 23.4. The molecule has 33 heavy (non-hydrogen) atoms. The fraction of sp³-hybridized carbons (Fsp3) is 0.545. The molecule has 0 unspecified atom stereocenters. The number of fused-ring (bicyclic) bond motifs is 1. The van der Waals surface area contributed by atoms with E-state index in [-0.39, 0.29) is 17.1 Å². The van der Waals surface area contributed by atoms with Gasteiger partial charge in [0.05, 0.1) is 4.90 Å². The third kappa shape index (κ3) is 5.52. The van der Waals surface area contributed by atoms with Gasteiger partial charge in [0.2, 0.25) is 5.91 Å². The van der Waals surface area contributed by atoms with Crippen molar-refractivity contribution >= 4 is 27.5 Å². The number of hydrogen-bond donors (Lipinski definition) is 1. The van der Waals surface area contributed by atoms with Gasteiger partial charge in [-0.1, -0.05) is 18.9 Å². The first-order valence-corrected chi connectivity index (χ1v) is 12.9. The van der Waals surface area contributed by atoms with Crippen LogP contribution in [0.1, 0.15) is 50.8 Å². The summed E-state index contributed by atoms with van der Waals surface area (Å²) < 4.78 is 32.6. The minimum atomic E-state index is -3.91. The zero-order valence-corrected chi connectivity index (χ0v) is 19.7. The maximum Gasteiger partial charge on any atom is 0.346 e. The van der Waals surface area contributed by atoms with Crippen LogP contribution in [0.2, 0.25) is 0 Å². The highest BCUT2D eigenvalue weighted by atomic mass is 32.2. The molecule has 3 heterocycles. The molecule has 0 spiro atoms. The van der Waals surface area contributed by atoms with Gasteiger partial charge in [0, 0.05) is 38.7 Å². The van der Waals surface area contributed by atoms with Gasteiger partial charge in [-0.25, -0.2) is 9.48 Å². The Morgan fingerprint density at radius 2 is 1.85 bits per heavy atom. The Morgan fingerprint density at radius 1 is 1.09 bits per heavy atom. The summed E-state index contributed by atoms with van der Waals surface area (Å²) in [5.41, 5.74) is 0.0334. The molecule has 1 amide bonds. The number of anilines is 1. The number of nitrogens with one attached hydrogen (secondary N) is 1. The van der Waals surface area contributed by atoms with Crippen LogP contribution >= 0.6 is 0 Å².